The minimum absolute atomic E-state index is 0.0820. The van der Waals surface area contributed by atoms with Gasteiger partial charge in [-0.1, -0.05) is 0 Å². The van der Waals surface area contributed by atoms with Crippen molar-refractivity contribution in [1.29, 1.82) is 0 Å². The molecule has 1 heterocycles. The Morgan fingerprint density at radius 3 is 2.47 bits per heavy atom. The van der Waals surface area contributed by atoms with E-state index in [1.165, 1.54) is 25.7 Å². The number of fused-ring (bicyclic) bond motifs is 12. The summed E-state index contributed by atoms with van der Waals surface area (Å²) in [4.78, 5) is 11.5. The smallest absolute Gasteiger partial charge is 0.306 e. The zero-order valence-electron chi connectivity index (χ0n) is 10.2. The van der Waals surface area contributed by atoms with E-state index in [-0.39, 0.29) is 5.97 Å². The molecule has 2 nitrogen and oxygen atoms in total. The molecular weight excluding hydrogens is 212 g/mol. The van der Waals surface area contributed by atoms with Gasteiger partial charge in [-0.25, -0.2) is 0 Å². The Kier molecular flexibility index (Phi) is 1.60. The first-order valence-corrected chi connectivity index (χ1v) is 7.52. The van der Waals surface area contributed by atoms with E-state index < -0.39 is 0 Å². The van der Waals surface area contributed by atoms with Crippen LogP contribution in [0.25, 0.3) is 0 Å². The summed E-state index contributed by atoms with van der Waals surface area (Å²) < 4.78 is 5.72. The molecule has 0 amide bonds. The van der Waals surface area contributed by atoms with E-state index >= 15 is 0 Å². The Balaban J connectivity index is 1.53. The second-order valence-corrected chi connectivity index (χ2v) is 7.21. The largest absolute Gasteiger partial charge is 0.462 e. The molecule has 5 aliphatic rings. The summed E-state index contributed by atoms with van der Waals surface area (Å²) in [5.74, 6) is 6.56. The summed E-state index contributed by atoms with van der Waals surface area (Å²) in [5.41, 5.74) is 0. The Bertz CT molecular complexity index is 390. The van der Waals surface area contributed by atoms with Crippen molar-refractivity contribution in [3.63, 3.8) is 0 Å². The molecule has 5 fully saturated rings. The molecule has 8 unspecified atom stereocenters. The summed E-state index contributed by atoms with van der Waals surface area (Å²) in [7, 11) is 0. The minimum Gasteiger partial charge on any atom is -0.462 e. The lowest BCUT2D eigenvalue weighted by Crippen LogP contribution is -2.45. The van der Waals surface area contributed by atoms with Gasteiger partial charge < -0.3 is 4.74 Å². The maximum Gasteiger partial charge on any atom is 0.306 e. The van der Waals surface area contributed by atoms with Gasteiger partial charge in [0, 0.05) is 6.42 Å². The second kappa shape index (κ2) is 2.89. The third-order valence-corrected chi connectivity index (χ3v) is 6.92. The molecule has 0 aromatic carbocycles. The Morgan fingerprint density at radius 2 is 1.65 bits per heavy atom. The van der Waals surface area contributed by atoms with E-state index in [0.29, 0.717) is 12.5 Å². The molecule has 0 N–H and O–H groups in total. The third-order valence-electron chi connectivity index (χ3n) is 6.92. The number of carbonyl (C=O) groups excluding carboxylic acids is 1. The van der Waals surface area contributed by atoms with Gasteiger partial charge in [0.1, 0.15) is 6.10 Å². The number of ether oxygens (including phenoxy) is 1. The Hall–Kier alpha value is -0.530. The van der Waals surface area contributed by atoms with E-state index in [2.05, 4.69) is 0 Å². The van der Waals surface area contributed by atoms with Crippen molar-refractivity contribution in [2.75, 3.05) is 0 Å². The monoisotopic (exact) mass is 232 g/mol. The fourth-order valence-electron chi connectivity index (χ4n) is 6.70. The van der Waals surface area contributed by atoms with E-state index in [1.54, 1.807) is 0 Å². The lowest BCUT2D eigenvalue weighted by Gasteiger charge is -2.44. The van der Waals surface area contributed by atoms with Gasteiger partial charge in [0.2, 0.25) is 0 Å². The summed E-state index contributed by atoms with van der Waals surface area (Å²) in [6, 6.07) is 0. The molecule has 0 aromatic heterocycles. The van der Waals surface area contributed by atoms with Crippen LogP contribution in [0.4, 0.5) is 0 Å². The second-order valence-electron chi connectivity index (χ2n) is 7.21. The summed E-state index contributed by atoms with van der Waals surface area (Å²) >= 11 is 0. The molecule has 4 bridgehead atoms. The molecule has 4 aliphatic carbocycles. The van der Waals surface area contributed by atoms with Crippen molar-refractivity contribution < 1.29 is 9.53 Å². The van der Waals surface area contributed by atoms with Gasteiger partial charge in [0.15, 0.2) is 0 Å². The highest BCUT2D eigenvalue weighted by Gasteiger charge is 2.66. The van der Waals surface area contributed by atoms with Gasteiger partial charge in [-0.3, -0.25) is 4.79 Å². The van der Waals surface area contributed by atoms with Crippen LogP contribution in [0, 0.1) is 41.4 Å². The number of rotatable bonds is 0. The predicted octanol–water partition coefficient (Wildman–Crippen LogP) is 2.62. The van der Waals surface area contributed by atoms with E-state index in [4.69, 9.17) is 4.74 Å². The van der Waals surface area contributed by atoms with Gasteiger partial charge in [-0.2, -0.15) is 0 Å². The van der Waals surface area contributed by atoms with Crippen molar-refractivity contribution in [3.8, 4) is 0 Å². The van der Waals surface area contributed by atoms with Crippen molar-refractivity contribution in [1.82, 2.24) is 0 Å². The number of esters is 1. The molecule has 2 heteroatoms. The average Bonchev–Trinajstić information content (AvgIpc) is 3.06. The standard InChI is InChI=1S/C15H20O2/c16-12-4-3-9-10-6-11(15(9)17-12)14-8-2-1-7(5-8)13(10)14/h7-11,13-15H,1-6H2. The molecule has 17 heavy (non-hydrogen) atoms. The van der Waals surface area contributed by atoms with Crippen molar-refractivity contribution >= 4 is 5.97 Å². The molecule has 8 atom stereocenters. The maximum absolute atomic E-state index is 11.5. The van der Waals surface area contributed by atoms with Crippen LogP contribution < -0.4 is 0 Å². The molecule has 92 valence electrons. The van der Waals surface area contributed by atoms with Gasteiger partial charge >= 0.3 is 5.97 Å². The van der Waals surface area contributed by atoms with E-state index in [0.717, 1.165) is 47.8 Å². The highest BCUT2D eigenvalue weighted by Crippen LogP contribution is 2.70. The van der Waals surface area contributed by atoms with Crippen LogP contribution >= 0.6 is 0 Å². The zero-order valence-corrected chi connectivity index (χ0v) is 10.2. The first-order valence-electron chi connectivity index (χ1n) is 7.52. The lowest BCUT2D eigenvalue weighted by molar-refractivity contribution is -0.166. The fraction of sp³-hybridized carbons (Fsp3) is 0.933. The highest BCUT2D eigenvalue weighted by molar-refractivity contribution is 5.70. The quantitative estimate of drug-likeness (QED) is 0.474. The number of hydrogen-bond acceptors (Lipinski definition) is 2. The summed E-state index contributed by atoms with van der Waals surface area (Å²) in [5, 5.41) is 0. The lowest BCUT2D eigenvalue weighted by atomic mass is 9.65. The van der Waals surface area contributed by atoms with Gasteiger partial charge in [-0.05, 0) is 73.5 Å². The zero-order chi connectivity index (χ0) is 11.1. The Labute approximate surface area is 102 Å². The SMILES string of the molecule is O=C1CCC2C3CC(C2O1)C1C2CCC(C2)C31. The molecule has 5 rings (SSSR count). The van der Waals surface area contributed by atoms with Crippen LogP contribution in [0.2, 0.25) is 0 Å². The normalized spacial score (nSPS) is 62.5. The van der Waals surface area contributed by atoms with E-state index in [9.17, 15) is 4.79 Å². The van der Waals surface area contributed by atoms with Crippen LogP contribution in [-0.2, 0) is 9.53 Å². The molecule has 0 aromatic rings. The third kappa shape index (κ3) is 0.982. The van der Waals surface area contributed by atoms with Crippen molar-refractivity contribution in [2.24, 2.45) is 41.4 Å². The van der Waals surface area contributed by atoms with Crippen molar-refractivity contribution in [3.05, 3.63) is 0 Å². The Morgan fingerprint density at radius 1 is 0.882 bits per heavy atom. The van der Waals surface area contributed by atoms with Crippen LogP contribution in [0.3, 0.4) is 0 Å². The maximum atomic E-state index is 11.5. The molecule has 1 saturated heterocycles. The first kappa shape index (κ1) is 9.41. The molecule has 0 radical (unpaired) electrons. The van der Waals surface area contributed by atoms with Gasteiger partial charge in [-0.15, -0.1) is 0 Å². The molecule has 4 saturated carbocycles. The van der Waals surface area contributed by atoms with E-state index in [1.807, 2.05) is 0 Å². The highest BCUT2D eigenvalue weighted by atomic mass is 16.5. The summed E-state index contributed by atoms with van der Waals surface area (Å²) in [6.45, 7) is 0. The summed E-state index contributed by atoms with van der Waals surface area (Å²) in [6.07, 6.45) is 8.04. The number of carbonyl (C=O) groups is 1. The fourth-order valence-corrected chi connectivity index (χ4v) is 6.70. The van der Waals surface area contributed by atoms with Crippen LogP contribution in [0.1, 0.15) is 38.5 Å². The molecule has 1 aliphatic heterocycles. The molecular formula is C15H20O2. The predicted molar refractivity (Wildman–Crippen MR) is 62.0 cm³/mol. The van der Waals surface area contributed by atoms with Crippen molar-refractivity contribution in [2.45, 2.75) is 44.6 Å². The average molecular weight is 232 g/mol. The molecule has 0 spiro atoms. The topological polar surface area (TPSA) is 26.3 Å². The first-order chi connectivity index (χ1) is 8.33. The van der Waals surface area contributed by atoms with Crippen LogP contribution in [0.15, 0.2) is 0 Å². The van der Waals surface area contributed by atoms with Crippen LogP contribution in [-0.4, -0.2) is 12.1 Å². The number of hydrogen-bond donors (Lipinski definition) is 0. The van der Waals surface area contributed by atoms with Gasteiger partial charge in [0.25, 0.3) is 0 Å². The minimum atomic E-state index is 0.0820. The van der Waals surface area contributed by atoms with Gasteiger partial charge in [0.05, 0.1) is 0 Å². The van der Waals surface area contributed by atoms with Crippen LogP contribution in [0.5, 0.6) is 0 Å².